The topological polar surface area (TPSA) is 79.0 Å². The van der Waals surface area contributed by atoms with Gasteiger partial charge in [-0.25, -0.2) is 4.39 Å². The fourth-order valence-corrected chi connectivity index (χ4v) is 1.96. The van der Waals surface area contributed by atoms with Crippen LogP contribution < -0.4 is 5.32 Å². The lowest BCUT2D eigenvalue weighted by atomic mass is 10.1. The molecule has 1 N–H and O–H groups in total. The van der Waals surface area contributed by atoms with E-state index >= 15 is 0 Å². The summed E-state index contributed by atoms with van der Waals surface area (Å²) in [6.07, 6.45) is 0.399. The van der Waals surface area contributed by atoms with Gasteiger partial charge in [-0.1, -0.05) is 18.2 Å². The number of nitro groups is 1. The number of benzene rings is 2. The van der Waals surface area contributed by atoms with Crippen LogP contribution in [-0.4, -0.2) is 11.5 Å². The van der Waals surface area contributed by atoms with Crippen LogP contribution in [0.4, 0.5) is 15.8 Å². The second kappa shape index (κ2) is 6.48. The molecule has 106 valence electrons. The molecule has 6 heteroatoms. The molecule has 0 heterocycles. The van der Waals surface area contributed by atoms with E-state index in [1.54, 1.807) is 18.2 Å². The highest BCUT2D eigenvalue weighted by Crippen LogP contribution is 2.19. The summed E-state index contributed by atoms with van der Waals surface area (Å²) >= 11 is 0. The molecule has 0 saturated carbocycles. The predicted molar refractivity (Wildman–Crippen MR) is 76.4 cm³/mol. The lowest BCUT2D eigenvalue weighted by molar-refractivity contribution is -0.385. The fourth-order valence-electron chi connectivity index (χ4n) is 1.96. The lowest BCUT2D eigenvalue weighted by Gasteiger charge is -2.08. The Hall–Kier alpha value is -2.94. The Bertz CT molecular complexity index is 710. The molecule has 0 saturated heterocycles. The summed E-state index contributed by atoms with van der Waals surface area (Å²) < 4.78 is 13.6. The third kappa shape index (κ3) is 3.54. The number of hydrogen-bond donors (Lipinski definition) is 1. The van der Waals surface area contributed by atoms with Crippen LogP contribution in [0.3, 0.4) is 0 Å². The van der Waals surface area contributed by atoms with Crippen molar-refractivity contribution in [3.05, 3.63) is 69.5 Å². The van der Waals surface area contributed by atoms with Crippen LogP contribution in [0.2, 0.25) is 0 Å². The van der Waals surface area contributed by atoms with Gasteiger partial charge in [-0.15, -0.1) is 0 Å². The molecule has 0 amide bonds. The Labute approximate surface area is 120 Å². The Balaban J connectivity index is 2.02. The van der Waals surface area contributed by atoms with Gasteiger partial charge in [0.25, 0.3) is 5.69 Å². The maximum Gasteiger partial charge on any atom is 0.272 e. The number of halogens is 1. The van der Waals surface area contributed by atoms with Crippen molar-refractivity contribution in [2.75, 3.05) is 11.9 Å². The van der Waals surface area contributed by atoms with E-state index < -0.39 is 10.7 Å². The molecule has 2 rings (SSSR count). The molecule has 0 spiro atoms. The van der Waals surface area contributed by atoms with E-state index in [1.807, 2.05) is 6.07 Å². The normalized spacial score (nSPS) is 9.90. The average Bonchev–Trinajstić information content (AvgIpc) is 2.49. The van der Waals surface area contributed by atoms with Gasteiger partial charge in [0.05, 0.1) is 22.2 Å². The first-order valence-electron chi connectivity index (χ1n) is 6.27. The summed E-state index contributed by atoms with van der Waals surface area (Å²) in [5.41, 5.74) is 1.16. The minimum Gasteiger partial charge on any atom is -0.382 e. The Kier molecular flexibility index (Phi) is 4.46. The molecule has 0 aliphatic carbocycles. The highest BCUT2D eigenvalue weighted by atomic mass is 19.1. The van der Waals surface area contributed by atoms with E-state index in [0.29, 0.717) is 18.5 Å². The van der Waals surface area contributed by atoms with Crippen LogP contribution in [0, 0.1) is 27.3 Å². The van der Waals surface area contributed by atoms with Crippen molar-refractivity contribution in [3.63, 3.8) is 0 Å². The smallest absolute Gasteiger partial charge is 0.272 e. The molecule has 0 radical (unpaired) electrons. The number of nitriles is 1. The second-order valence-corrected chi connectivity index (χ2v) is 4.37. The maximum absolute atomic E-state index is 13.6. The molecule has 0 atom stereocenters. The van der Waals surface area contributed by atoms with Crippen LogP contribution in [0.25, 0.3) is 0 Å². The Morgan fingerprint density at radius 1 is 1.29 bits per heavy atom. The number of nitro benzene ring substituents is 1. The quantitative estimate of drug-likeness (QED) is 0.675. The number of para-hydroxylation sites is 1. The first-order valence-corrected chi connectivity index (χ1v) is 6.27. The number of anilines is 1. The lowest BCUT2D eigenvalue weighted by Crippen LogP contribution is -2.07. The summed E-state index contributed by atoms with van der Waals surface area (Å²) in [7, 11) is 0. The van der Waals surface area contributed by atoms with Crippen molar-refractivity contribution in [1.29, 1.82) is 5.26 Å². The van der Waals surface area contributed by atoms with Gasteiger partial charge in [0.1, 0.15) is 5.82 Å². The zero-order valence-corrected chi connectivity index (χ0v) is 11.0. The van der Waals surface area contributed by atoms with Gasteiger partial charge >= 0.3 is 0 Å². The van der Waals surface area contributed by atoms with Crippen LogP contribution in [0.15, 0.2) is 42.5 Å². The van der Waals surface area contributed by atoms with Crippen molar-refractivity contribution < 1.29 is 9.31 Å². The highest BCUT2D eigenvalue weighted by molar-refractivity contribution is 5.49. The van der Waals surface area contributed by atoms with E-state index in [9.17, 15) is 14.5 Å². The summed E-state index contributed by atoms with van der Waals surface area (Å²) in [4.78, 5) is 10.4. The second-order valence-electron chi connectivity index (χ2n) is 4.37. The SMILES string of the molecule is N#Cc1ccc(NCCc2ccccc2[N+](=O)[O-])c(F)c1. The van der Waals surface area contributed by atoms with E-state index in [-0.39, 0.29) is 16.9 Å². The van der Waals surface area contributed by atoms with E-state index in [2.05, 4.69) is 5.32 Å². The molecular weight excluding hydrogens is 273 g/mol. The van der Waals surface area contributed by atoms with Gasteiger partial charge in [-0.05, 0) is 24.6 Å². The standard InChI is InChI=1S/C15H12FN3O2/c16-13-9-11(10-17)5-6-14(13)18-8-7-12-3-1-2-4-15(12)19(20)21/h1-6,9,18H,7-8H2. The maximum atomic E-state index is 13.6. The fraction of sp³-hybridized carbons (Fsp3) is 0.133. The number of rotatable bonds is 5. The van der Waals surface area contributed by atoms with Gasteiger partial charge in [-0.3, -0.25) is 10.1 Å². The molecule has 0 fully saturated rings. The van der Waals surface area contributed by atoms with E-state index in [1.165, 1.54) is 18.2 Å². The molecule has 0 aromatic heterocycles. The number of nitrogens with one attached hydrogen (secondary N) is 1. The average molecular weight is 285 g/mol. The zero-order valence-electron chi connectivity index (χ0n) is 11.0. The van der Waals surface area contributed by atoms with Crippen LogP contribution in [0.5, 0.6) is 0 Å². The van der Waals surface area contributed by atoms with E-state index in [0.717, 1.165) is 6.07 Å². The first-order chi connectivity index (χ1) is 10.1. The molecule has 2 aromatic carbocycles. The van der Waals surface area contributed by atoms with Crippen molar-refractivity contribution in [2.24, 2.45) is 0 Å². The van der Waals surface area contributed by atoms with Crippen molar-refractivity contribution >= 4 is 11.4 Å². The molecule has 0 aliphatic heterocycles. The molecule has 0 bridgehead atoms. The molecule has 0 aliphatic rings. The van der Waals surface area contributed by atoms with E-state index in [4.69, 9.17) is 5.26 Å². The largest absolute Gasteiger partial charge is 0.382 e. The highest BCUT2D eigenvalue weighted by Gasteiger charge is 2.11. The molecule has 2 aromatic rings. The van der Waals surface area contributed by atoms with Crippen molar-refractivity contribution in [2.45, 2.75) is 6.42 Å². The molecule has 0 unspecified atom stereocenters. The minimum atomic E-state index is -0.517. The minimum absolute atomic E-state index is 0.0552. The third-order valence-corrected chi connectivity index (χ3v) is 3.00. The van der Waals surface area contributed by atoms with Gasteiger partial charge in [0.2, 0.25) is 0 Å². The van der Waals surface area contributed by atoms with Crippen LogP contribution >= 0.6 is 0 Å². The van der Waals surface area contributed by atoms with Gasteiger partial charge in [-0.2, -0.15) is 5.26 Å². The molecular formula is C15H12FN3O2. The predicted octanol–water partition coefficient (Wildman–Crippen LogP) is 3.26. The summed E-state index contributed by atoms with van der Waals surface area (Å²) in [5, 5.41) is 22.4. The van der Waals surface area contributed by atoms with Gasteiger partial charge < -0.3 is 5.32 Å². The zero-order chi connectivity index (χ0) is 15.2. The van der Waals surface area contributed by atoms with Crippen LogP contribution in [-0.2, 0) is 6.42 Å². The number of hydrogen-bond acceptors (Lipinski definition) is 4. The molecule has 5 nitrogen and oxygen atoms in total. The van der Waals surface area contributed by atoms with Crippen LogP contribution in [0.1, 0.15) is 11.1 Å². The Morgan fingerprint density at radius 3 is 2.71 bits per heavy atom. The summed E-state index contributed by atoms with van der Waals surface area (Å²) in [6.45, 7) is 0.355. The van der Waals surface area contributed by atoms with Gasteiger partial charge in [0.15, 0.2) is 0 Å². The van der Waals surface area contributed by atoms with Crippen molar-refractivity contribution in [1.82, 2.24) is 0 Å². The molecule has 21 heavy (non-hydrogen) atoms. The van der Waals surface area contributed by atoms with Gasteiger partial charge in [0, 0.05) is 18.2 Å². The van der Waals surface area contributed by atoms with Crippen molar-refractivity contribution in [3.8, 4) is 6.07 Å². The monoisotopic (exact) mass is 285 g/mol. The first kappa shape index (κ1) is 14.5. The summed E-state index contributed by atoms with van der Waals surface area (Å²) in [6, 6.07) is 12.4. The Morgan fingerprint density at radius 2 is 2.05 bits per heavy atom. The third-order valence-electron chi connectivity index (χ3n) is 3.00. The number of nitrogens with zero attached hydrogens (tertiary/aromatic N) is 2. The summed E-state index contributed by atoms with van der Waals surface area (Å²) in [5.74, 6) is -0.517.